The number of amides is 1. The van der Waals surface area contributed by atoms with E-state index in [1.54, 1.807) is 0 Å². The second kappa shape index (κ2) is 12.2. The van der Waals surface area contributed by atoms with Crippen molar-refractivity contribution in [3.63, 3.8) is 0 Å². The molecule has 34 heavy (non-hydrogen) atoms. The van der Waals surface area contributed by atoms with Crippen molar-refractivity contribution in [2.45, 2.75) is 96.9 Å². The van der Waals surface area contributed by atoms with Crippen molar-refractivity contribution in [3.8, 4) is 0 Å². The molecule has 2 aromatic carbocycles. The van der Waals surface area contributed by atoms with E-state index in [-0.39, 0.29) is 11.8 Å². The molecule has 1 saturated heterocycles. The number of carbonyl (C=O) groups is 1. The molecule has 1 aliphatic rings. The molecule has 1 atom stereocenters. The summed E-state index contributed by atoms with van der Waals surface area (Å²) < 4.78 is 2.41. The Hall–Kier alpha value is -2.62. The topological polar surface area (TPSA) is 38.1 Å². The zero-order chi connectivity index (χ0) is 23.8. The minimum absolute atomic E-state index is 0.142. The number of hydrogen-bond acceptors (Lipinski definition) is 2. The molecular formula is C30H41N3O. The average molecular weight is 460 g/mol. The maximum absolute atomic E-state index is 13.1. The molecule has 0 bridgehead atoms. The lowest BCUT2D eigenvalue weighted by molar-refractivity contribution is -0.117. The standard InChI is InChI=1S/C30H41N3O/c1-3-5-6-7-8-9-10-11-16-21-32-28-20-15-13-18-26(28)31-30(32)25-22-29(34)33(23-25)27-19-14-12-17-24(27)4-2/h12-15,17-20,25H,3-11,16,21-23H2,1-2H3. The first kappa shape index (κ1) is 24.5. The van der Waals surface area contributed by atoms with Gasteiger partial charge in [0, 0.05) is 31.1 Å². The number of fused-ring (bicyclic) bond motifs is 1. The number of benzene rings is 2. The Morgan fingerprint density at radius 2 is 1.53 bits per heavy atom. The van der Waals surface area contributed by atoms with E-state index in [1.165, 1.54) is 68.9 Å². The van der Waals surface area contributed by atoms with Crippen LogP contribution in [0, 0.1) is 0 Å². The molecule has 0 radical (unpaired) electrons. The van der Waals surface area contributed by atoms with Gasteiger partial charge in [0.05, 0.1) is 11.0 Å². The molecule has 1 aliphatic heterocycles. The first-order chi connectivity index (χ1) is 16.7. The van der Waals surface area contributed by atoms with Gasteiger partial charge in [-0.1, -0.05) is 95.5 Å². The van der Waals surface area contributed by atoms with Crippen molar-refractivity contribution in [2.24, 2.45) is 0 Å². The van der Waals surface area contributed by atoms with E-state index < -0.39 is 0 Å². The number of nitrogens with zero attached hydrogens (tertiary/aromatic N) is 3. The van der Waals surface area contributed by atoms with Gasteiger partial charge >= 0.3 is 0 Å². The zero-order valence-electron chi connectivity index (χ0n) is 21.1. The fraction of sp³-hybridized carbons (Fsp3) is 0.533. The lowest BCUT2D eigenvalue weighted by atomic mass is 10.1. The van der Waals surface area contributed by atoms with Crippen molar-refractivity contribution in [1.82, 2.24) is 9.55 Å². The molecule has 0 spiro atoms. The van der Waals surface area contributed by atoms with Crippen LogP contribution in [0.15, 0.2) is 48.5 Å². The Kier molecular flexibility index (Phi) is 8.79. The second-order valence-electron chi connectivity index (χ2n) is 9.83. The Morgan fingerprint density at radius 1 is 0.853 bits per heavy atom. The number of unbranched alkanes of at least 4 members (excludes halogenated alkanes) is 8. The molecule has 1 fully saturated rings. The van der Waals surface area contributed by atoms with E-state index >= 15 is 0 Å². The lowest BCUT2D eigenvalue weighted by Gasteiger charge is -2.20. The quantitative estimate of drug-likeness (QED) is 0.246. The molecule has 1 amide bonds. The van der Waals surface area contributed by atoms with Gasteiger partial charge in [-0.05, 0) is 36.6 Å². The van der Waals surface area contributed by atoms with E-state index in [4.69, 9.17) is 4.98 Å². The van der Waals surface area contributed by atoms with Gasteiger partial charge in [0.25, 0.3) is 0 Å². The van der Waals surface area contributed by atoms with Gasteiger partial charge in [-0.15, -0.1) is 0 Å². The minimum Gasteiger partial charge on any atom is -0.328 e. The predicted octanol–water partition coefficient (Wildman–Crippen LogP) is 7.65. The first-order valence-electron chi connectivity index (χ1n) is 13.6. The molecule has 0 aliphatic carbocycles. The fourth-order valence-corrected chi connectivity index (χ4v) is 5.41. The lowest BCUT2D eigenvalue weighted by Crippen LogP contribution is -2.25. The predicted molar refractivity (Wildman–Crippen MR) is 142 cm³/mol. The number of imidazole rings is 1. The summed E-state index contributed by atoms with van der Waals surface area (Å²) in [5, 5.41) is 0. The van der Waals surface area contributed by atoms with Gasteiger partial charge in [-0.25, -0.2) is 4.98 Å². The smallest absolute Gasteiger partial charge is 0.227 e. The van der Waals surface area contributed by atoms with Crippen LogP contribution >= 0.6 is 0 Å². The highest BCUT2D eigenvalue weighted by atomic mass is 16.2. The summed E-state index contributed by atoms with van der Waals surface area (Å²) in [6.07, 6.45) is 13.4. The van der Waals surface area contributed by atoms with Gasteiger partial charge in [-0.3, -0.25) is 4.79 Å². The number of aryl methyl sites for hydroxylation is 2. The van der Waals surface area contributed by atoms with E-state index in [1.807, 2.05) is 11.0 Å². The summed E-state index contributed by atoms with van der Waals surface area (Å²) in [7, 11) is 0. The first-order valence-corrected chi connectivity index (χ1v) is 13.6. The third-order valence-electron chi connectivity index (χ3n) is 7.32. The third-order valence-corrected chi connectivity index (χ3v) is 7.32. The van der Waals surface area contributed by atoms with Crippen molar-refractivity contribution in [2.75, 3.05) is 11.4 Å². The number of aromatic nitrogens is 2. The Labute approximate surface area is 205 Å². The average Bonchev–Trinajstić information content (AvgIpc) is 3.43. The maximum Gasteiger partial charge on any atom is 0.227 e. The van der Waals surface area contributed by atoms with Gasteiger partial charge in [-0.2, -0.15) is 0 Å². The third kappa shape index (κ3) is 5.71. The Bertz CT molecular complexity index is 1070. The van der Waals surface area contributed by atoms with Crippen molar-refractivity contribution >= 4 is 22.6 Å². The van der Waals surface area contributed by atoms with Gasteiger partial charge in [0.15, 0.2) is 0 Å². The van der Waals surface area contributed by atoms with Crippen LogP contribution in [-0.2, 0) is 17.8 Å². The number of hydrogen-bond donors (Lipinski definition) is 0. The van der Waals surface area contributed by atoms with Crippen molar-refractivity contribution in [3.05, 3.63) is 59.9 Å². The molecule has 182 valence electrons. The summed E-state index contributed by atoms with van der Waals surface area (Å²) in [4.78, 5) is 20.1. The van der Waals surface area contributed by atoms with Crippen LogP contribution < -0.4 is 4.90 Å². The molecule has 2 heterocycles. The number of rotatable bonds is 13. The highest BCUT2D eigenvalue weighted by Gasteiger charge is 2.35. The number of carbonyl (C=O) groups excluding carboxylic acids is 1. The van der Waals surface area contributed by atoms with E-state index in [9.17, 15) is 4.79 Å². The van der Waals surface area contributed by atoms with Crippen LogP contribution in [0.1, 0.15) is 95.4 Å². The molecule has 4 rings (SSSR count). The van der Waals surface area contributed by atoms with Crippen LogP contribution in [0.25, 0.3) is 11.0 Å². The van der Waals surface area contributed by atoms with Crippen LogP contribution in [0.5, 0.6) is 0 Å². The molecule has 4 heteroatoms. The molecular weight excluding hydrogens is 418 g/mol. The monoisotopic (exact) mass is 459 g/mol. The van der Waals surface area contributed by atoms with Crippen LogP contribution in [0.2, 0.25) is 0 Å². The highest BCUT2D eigenvalue weighted by molar-refractivity contribution is 5.97. The molecule has 0 saturated carbocycles. The largest absolute Gasteiger partial charge is 0.328 e. The summed E-state index contributed by atoms with van der Waals surface area (Å²) in [6, 6.07) is 16.8. The highest BCUT2D eigenvalue weighted by Crippen LogP contribution is 2.35. The molecule has 4 nitrogen and oxygen atoms in total. The number of anilines is 1. The molecule has 3 aromatic rings. The molecule has 1 unspecified atom stereocenters. The maximum atomic E-state index is 13.1. The second-order valence-corrected chi connectivity index (χ2v) is 9.83. The van der Waals surface area contributed by atoms with E-state index in [0.29, 0.717) is 6.42 Å². The van der Waals surface area contributed by atoms with Gasteiger partial charge < -0.3 is 9.47 Å². The van der Waals surface area contributed by atoms with Gasteiger partial charge in [0.1, 0.15) is 5.82 Å². The fourth-order valence-electron chi connectivity index (χ4n) is 5.41. The van der Waals surface area contributed by atoms with Gasteiger partial charge in [0.2, 0.25) is 5.91 Å². The zero-order valence-corrected chi connectivity index (χ0v) is 21.1. The van der Waals surface area contributed by atoms with Crippen LogP contribution in [0.4, 0.5) is 5.69 Å². The number of para-hydroxylation sites is 3. The normalized spacial score (nSPS) is 16.1. The molecule has 1 aromatic heterocycles. The van der Waals surface area contributed by atoms with Crippen LogP contribution in [-0.4, -0.2) is 22.0 Å². The summed E-state index contributed by atoms with van der Waals surface area (Å²) in [5.41, 5.74) is 4.56. The summed E-state index contributed by atoms with van der Waals surface area (Å²) in [6.45, 7) is 6.14. The van der Waals surface area contributed by atoms with Crippen LogP contribution in [0.3, 0.4) is 0 Å². The Balaban J connectivity index is 1.43. The minimum atomic E-state index is 0.142. The van der Waals surface area contributed by atoms with E-state index in [0.717, 1.165) is 36.5 Å². The summed E-state index contributed by atoms with van der Waals surface area (Å²) in [5.74, 6) is 1.45. The van der Waals surface area contributed by atoms with Crippen molar-refractivity contribution < 1.29 is 4.79 Å². The summed E-state index contributed by atoms with van der Waals surface area (Å²) >= 11 is 0. The van der Waals surface area contributed by atoms with E-state index in [2.05, 4.69) is 60.9 Å². The SMILES string of the molecule is CCCCCCCCCCCn1c(C2CC(=O)N(c3ccccc3CC)C2)nc2ccccc21. The van der Waals surface area contributed by atoms with Crippen molar-refractivity contribution in [1.29, 1.82) is 0 Å². The molecule has 0 N–H and O–H groups in total. The Morgan fingerprint density at radius 3 is 2.29 bits per heavy atom.